The van der Waals surface area contributed by atoms with E-state index in [1.807, 2.05) is 6.92 Å². The Morgan fingerprint density at radius 3 is 2.35 bits per heavy atom. The van der Waals surface area contributed by atoms with Gasteiger partial charge in [0.25, 0.3) is 0 Å². The molecule has 0 fully saturated rings. The van der Waals surface area contributed by atoms with Gasteiger partial charge in [0.1, 0.15) is 0 Å². The Kier molecular flexibility index (Phi) is 9.10. The molecule has 0 saturated heterocycles. The summed E-state index contributed by atoms with van der Waals surface area (Å²) in [7, 11) is -3.31. The summed E-state index contributed by atoms with van der Waals surface area (Å²) < 4.78 is 26.1. The molecule has 0 aromatic heterocycles. The summed E-state index contributed by atoms with van der Waals surface area (Å²) in [5, 5.41) is 8.07. The Morgan fingerprint density at radius 1 is 1.12 bits per heavy atom. The third-order valence-corrected chi connectivity index (χ3v) is 4.68. The van der Waals surface area contributed by atoms with E-state index in [2.05, 4.69) is 11.6 Å². The lowest BCUT2D eigenvalue weighted by Crippen LogP contribution is -2.34. The van der Waals surface area contributed by atoms with Crippen LogP contribution in [0.3, 0.4) is 0 Å². The van der Waals surface area contributed by atoms with Gasteiger partial charge in [0, 0.05) is 0 Å². The van der Waals surface area contributed by atoms with Crippen LogP contribution >= 0.6 is 0 Å². The van der Waals surface area contributed by atoms with E-state index in [1.165, 1.54) is 0 Å². The summed E-state index contributed by atoms with van der Waals surface area (Å²) in [5.41, 5.74) is 0. The molecule has 1 unspecified atom stereocenters. The van der Waals surface area contributed by atoms with Crippen molar-refractivity contribution in [3.8, 4) is 6.07 Å². The highest BCUT2D eigenvalue weighted by Gasteiger charge is 2.23. The molecule has 0 radical (unpaired) electrons. The van der Waals surface area contributed by atoms with Crippen molar-refractivity contribution in [3.05, 3.63) is 0 Å². The lowest BCUT2D eigenvalue weighted by Gasteiger charge is -2.16. The molecule has 0 aromatic rings. The van der Waals surface area contributed by atoms with Crippen LogP contribution < -0.4 is 4.72 Å². The SMILES string of the molecule is CCCCCCC(CCC)S(=O)(=O)NCC#N. The van der Waals surface area contributed by atoms with E-state index in [0.29, 0.717) is 12.8 Å². The first-order valence-electron chi connectivity index (χ1n) is 6.43. The average Bonchev–Trinajstić information content (AvgIpc) is 2.30. The summed E-state index contributed by atoms with van der Waals surface area (Å²) in [5.74, 6) is 0. The van der Waals surface area contributed by atoms with E-state index in [1.54, 1.807) is 6.07 Å². The maximum atomic E-state index is 11.9. The quantitative estimate of drug-likeness (QED) is 0.485. The molecule has 0 saturated carbocycles. The molecule has 5 heteroatoms. The second-order valence-electron chi connectivity index (χ2n) is 4.28. The molecule has 0 amide bonds. The predicted octanol–water partition coefficient (Wildman–Crippen LogP) is 2.57. The second kappa shape index (κ2) is 9.43. The second-order valence-corrected chi connectivity index (χ2v) is 6.33. The zero-order chi connectivity index (χ0) is 13.1. The monoisotopic (exact) mass is 260 g/mol. The molecule has 4 nitrogen and oxygen atoms in total. The van der Waals surface area contributed by atoms with Crippen molar-refractivity contribution in [2.45, 2.75) is 64.0 Å². The van der Waals surface area contributed by atoms with Crippen molar-refractivity contribution in [1.82, 2.24) is 4.72 Å². The number of unbranched alkanes of at least 4 members (excludes halogenated alkanes) is 3. The zero-order valence-electron chi connectivity index (χ0n) is 10.9. The molecule has 0 aliphatic heterocycles. The molecule has 1 N–H and O–H groups in total. The van der Waals surface area contributed by atoms with Gasteiger partial charge in [-0.1, -0.05) is 46.0 Å². The molecule has 0 heterocycles. The lowest BCUT2D eigenvalue weighted by molar-refractivity contribution is 0.530. The van der Waals surface area contributed by atoms with Gasteiger partial charge in [-0.2, -0.15) is 5.26 Å². The van der Waals surface area contributed by atoms with E-state index < -0.39 is 10.0 Å². The van der Waals surface area contributed by atoms with Crippen molar-refractivity contribution in [1.29, 1.82) is 5.26 Å². The number of nitriles is 1. The maximum Gasteiger partial charge on any atom is 0.215 e. The first-order valence-corrected chi connectivity index (χ1v) is 7.98. The molecule has 1 atom stereocenters. The van der Waals surface area contributed by atoms with Gasteiger partial charge >= 0.3 is 0 Å². The fourth-order valence-electron chi connectivity index (χ4n) is 1.83. The van der Waals surface area contributed by atoms with Crippen LogP contribution in [0.1, 0.15) is 58.8 Å². The third kappa shape index (κ3) is 7.35. The summed E-state index contributed by atoms with van der Waals surface area (Å²) in [6.45, 7) is 3.99. The van der Waals surface area contributed by atoms with E-state index in [4.69, 9.17) is 5.26 Å². The molecule has 0 aliphatic rings. The number of hydrogen-bond acceptors (Lipinski definition) is 3. The molecule has 0 rings (SSSR count). The predicted molar refractivity (Wildman–Crippen MR) is 70.0 cm³/mol. The van der Waals surface area contributed by atoms with Gasteiger partial charge in [0.15, 0.2) is 0 Å². The van der Waals surface area contributed by atoms with Crippen LogP contribution in [-0.4, -0.2) is 20.2 Å². The van der Waals surface area contributed by atoms with Crippen molar-refractivity contribution >= 4 is 10.0 Å². The van der Waals surface area contributed by atoms with Gasteiger partial charge in [0.2, 0.25) is 10.0 Å². The fraction of sp³-hybridized carbons (Fsp3) is 0.917. The average molecular weight is 260 g/mol. The van der Waals surface area contributed by atoms with Crippen molar-refractivity contribution in [2.75, 3.05) is 6.54 Å². The molecule has 0 aromatic carbocycles. The van der Waals surface area contributed by atoms with E-state index in [9.17, 15) is 8.42 Å². The van der Waals surface area contributed by atoms with Crippen LogP contribution in [0.15, 0.2) is 0 Å². The van der Waals surface area contributed by atoms with Crippen LogP contribution in [0.4, 0.5) is 0 Å². The summed E-state index contributed by atoms with van der Waals surface area (Å²) in [6.07, 6.45) is 6.58. The molecular formula is C12H24N2O2S. The topological polar surface area (TPSA) is 70.0 Å². The minimum Gasteiger partial charge on any atom is -0.212 e. The van der Waals surface area contributed by atoms with Gasteiger partial charge in [-0.25, -0.2) is 13.1 Å². The van der Waals surface area contributed by atoms with Gasteiger partial charge in [0.05, 0.1) is 17.9 Å². The molecule has 17 heavy (non-hydrogen) atoms. The van der Waals surface area contributed by atoms with Crippen molar-refractivity contribution in [2.24, 2.45) is 0 Å². The minimum absolute atomic E-state index is 0.127. The van der Waals surface area contributed by atoms with Gasteiger partial charge in [-0.3, -0.25) is 0 Å². The van der Waals surface area contributed by atoms with Crippen molar-refractivity contribution < 1.29 is 8.42 Å². The molecule has 100 valence electrons. The van der Waals surface area contributed by atoms with Gasteiger partial charge in [-0.05, 0) is 12.8 Å². The normalized spacial score (nSPS) is 13.2. The summed E-state index contributed by atoms with van der Waals surface area (Å²) >= 11 is 0. The zero-order valence-corrected chi connectivity index (χ0v) is 11.7. The number of nitrogens with one attached hydrogen (secondary N) is 1. The number of hydrogen-bond donors (Lipinski definition) is 1. The van der Waals surface area contributed by atoms with Crippen LogP contribution in [-0.2, 0) is 10.0 Å². The fourth-order valence-corrected chi connectivity index (χ4v) is 3.35. The van der Waals surface area contributed by atoms with Crippen molar-refractivity contribution in [3.63, 3.8) is 0 Å². The number of sulfonamides is 1. The lowest BCUT2D eigenvalue weighted by atomic mass is 10.1. The first kappa shape index (κ1) is 16.4. The largest absolute Gasteiger partial charge is 0.215 e. The van der Waals surface area contributed by atoms with Crippen LogP contribution in [0.2, 0.25) is 0 Å². The maximum absolute atomic E-state index is 11.9. The highest BCUT2D eigenvalue weighted by atomic mass is 32.2. The van der Waals surface area contributed by atoms with Gasteiger partial charge in [-0.15, -0.1) is 0 Å². The Bertz CT molecular complexity index is 320. The number of rotatable bonds is 10. The van der Waals surface area contributed by atoms with E-state index in [-0.39, 0.29) is 11.8 Å². The van der Waals surface area contributed by atoms with Crippen LogP contribution in [0.25, 0.3) is 0 Å². The van der Waals surface area contributed by atoms with Crippen LogP contribution in [0, 0.1) is 11.3 Å². The highest BCUT2D eigenvalue weighted by molar-refractivity contribution is 7.90. The third-order valence-electron chi connectivity index (χ3n) is 2.78. The molecular weight excluding hydrogens is 236 g/mol. The standard InChI is InChI=1S/C12H24N2O2S/c1-3-5-6-7-9-12(8-4-2)17(15,16)14-11-10-13/h12,14H,3-9,11H2,1-2H3. The Hall–Kier alpha value is -0.600. The molecule has 0 spiro atoms. The Labute approximate surface area is 105 Å². The minimum atomic E-state index is -3.31. The Morgan fingerprint density at radius 2 is 1.82 bits per heavy atom. The van der Waals surface area contributed by atoms with E-state index >= 15 is 0 Å². The van der Waals surface area contributed by atoms with Crippen LogP contribution in [0.5, 0.6) is 0 Å². The van der Waals surface area contributed by atoms with E-state index in [0.717, 1.165) is 32.1 Å². The van der Waals surface area contributed by atoms with Gasteiger partial charge < -0.3 is 0 Å². The Balaban J connectivity index is 4.25. The number of nitrogens with zero attached hydrogens (tertiary/aromatic N) is 1. The summed E-state index contributed by atoms with van der Waals surface area (Å²) in [6, 6.07) is 1.81. The highest BCUT2D eigenvalue weighted by Crippen LogP contribution is 2.16. The first-order chi connectivity index (χ1) is 8.08. The molecule has 0 aliphatic carbocycles. The summed E-state index contributed by atoms with van der Waals surface area (Å²) in [4.78, 5) is 0. The molecule has 0 bridgehead atoms. The smallest absolute Gasteiger partial charge is 0.212 e.